The molecule has 10 heteroatoms. The number of carbonyl (C=O) groups is 2. The van der Waals surface area contributed by atoms with Gasteiger partial charge in [0.2, 0.25) is 0 Å². The molecule has 7 nitrogen and oxygen atoms in total. The Morgan fingerprint density at radius 2 is 1.94 bits per heavy atom. The van der Waals surface area contributed by atoms with Gasteiger partial charge in [-0.3, -0.25) is 4.79 Å². The van der Waals surface area contributed by atoms with Crippen molar-refractivity contribution in [2.45, 2.75) is 36.7 Å². The smallest absolute Gasteiger partial charge is 0.337 e. The lowest BCUT2D eigenvalue weighted by Crippen LogP contribution is -2.47. The Bertz CT molecular complexity index is 1080. The second-order valence-electron chi connectivity index (χ2n) is 7.10. The molecule has 2 aromatic carbocycles. The largest absolute Gasteiger partial charge is 0.465 e. The summed E-state index contributed by atoms with van der Waals surface area (Å²) >= 11 is 5.83. The number of rotatable bonds is 6. The average Bonchev–Trinajstić information content (AvgIpc) is 2.94. The standard InChI is InChI=1S/C21H22ClFN2O5S/c1-30-21(27)14-5-6-15(18(23)12-14)13-24-19-4-2-3-11-25(20(19)26)31(28,29)17-9-7-16(22)8-10-17/h5-10,12,19,24H,2-4,11,13H2,1H3/t19-/m1/s1. The predicted molar refractivity (Wildman–Crippen MR) is 113 cm³/mol. The number of halogens is 2. The maximum atomic E-state index is 14.3. The van der Waals surface area contributed by atoms with Crippen LogP contribution in [0.25, 0.3) is 0 Å². The number of esters is 1. The van der Waals surface area contributed by atoms with Crippen LogP contribution in [0.1, 0.15) is 35.2 Å². The third-order valence-corrected chi connectivity index (χ3v) is 7.13. The van der Waals surface area contributed by atoms with Crippen LogP contribution in [0, 0.1) is 5.82 Å². The summed E-state index contributed by atoms with van der Waals surface area (Å²) in [6.45, 7) is 0.0721. The molecule has 1 atom stereocenters. The molecular weight excluding hydrogens is 447 g/mol. The molecule has 0 aliphatic carbocycles. The molecule has 2 aromatic rings. The molecule has 31 heavy (non-hydrogen) atoms. The molecular formula is C21H22ClFN2O5S. The Balaban J connectivity index is 1.76. The summed E-state index contributed by atoms with van der Waals surface area (Å²) in [5.74, 6) is -1.86. The van der Waals surface area contributed by atoms with Crippen LogP contribution in [-0.4, -0.2) is 44.3 Å². The van der Waals surface area contributed by atoms with E-state index in [0.717, 1.165) is 10.4 Å². The molecule has 0 spiro atoms. The number of carbonyl (C=O) groups excluding carboxylic acids is 2. The first-order valence-electron chi connectivity index (χ1n) is 9.66. The number of ether oxygens (including phenoxy) is 1. The van der Waals surface area contributed by atoms with E-state index >= 15 is 0 Å². The van der Waals surface area contributed by atoms with Crippen molar-refractivity contribution in [1.29, 1.82) is 0 Å². The minimum atomic E-state index is -4.03. The highest BCUT2D eigenvalue weighted by molar-refractivity contribution is 7.89. The summed E-state index contributed by atoms with van der Waals surface area (Å²) in [6.07, 6.45) is 1.59. The molecule has 1 heterocycles. The minimum absolute atomic E-state index is 0.00146. The number of hydrogen-bond acceptors (Lipinski definition) is 6. The first-order valence-corrected chi connectivity index (χ1v) is 11.5. The molecule has 0 bridgehead atoms. The number of benzene rings is 2. The van der Waals surface area contributed by atoms with Crippen molar-refractivity contribution in [1.82, 2.24) is 9.62 Å². The fourth-order valence-corrected chi connectivity index (χ4v) is 4.94. The van der Waals surface area contributed by atoms with Crippen molar-refractivity contribution in [3.8, 4) is 0 Å². The van der Waals surface area contributed by atoms with E-state index in [2.05, 4.69) is 10.1 Å². The Morgan fingerprint density at radius 3 is 2.58 bits per heavy atom. The van der Waals surface area contributed by atoms with Gasteiger partial charge in [-0.1, -0.05) is 17.7 Å². The van der Waals surface area contributed by atoms with Gasteiger partial charge in [0.1, 0.15) is 5.82 Å². The van der Waals surface area contributed by atoms with E-state index in [1.807, 2.05) is 0 Å². The lowest BCUT2D eigenvalue weighted by molar-refractivity contribution is -0.128. The van der Waals surface area contributed by atoms with Crippen LogP contribution in [0.2, 0.25) is 5.02 Å². The SMILES string of the molecule is COC(=O)c1ccc(CN[C@@H]2CCCCN(S(=O)(=O)c3ccc(Cl)cc3)C2=O)c(F)c1. The molecule has 1 saturated heterocycles. The normalized spacial score (nSPS) is 17.3. The van der Waals surface area contributed by atoms with E-state index in [9.17, 15) is 22.4 Å². The second-order valence-corrected chi connectivity index (χ2v) is 9.40. The number of methoxy groups -OCH3 is 1. The highest BCUT2D eigenvalue weighted by Gasteiger charge is 2.35. The zero-order chi connectivity index (χ0) is 22.6. The summed E-state index contributed by atoms with van der Waals surface area (Å²) in [5, 5.41) is 3.35. The van der Waals surface area contributed by atoms with Crippen LogP contribution in [0.3, 0.4) is 0 Å². The van der Waals surface area contributed by atoms with E-state index < -0.39 is 33.8 Å². The maximum absolute atomic E-state index is 14.3. The van der Waals surface area contributed by atoms with Gasteiger partial charge in [-0.05, 0) is 55.7 Å². The molecule has 166 valence electrons. The summed E-state index contributed by atoms with van der Waals surface area (Å²) < 4.78 is 45.8. The van der Waals surface area contributed by atoms with Crippen LogP contribution < -0.4 is 5.32 Å². The fraction of sp³-hybridized carbons (Fsp3) is 0.333. The lowest BCUT2D eigenvalue weighted by Gasteiger charge is -2.24. The summed E-state index contributed by atoms with van der Waals surface area (Å²) in [4.78, 5) is 24.5. The number of amides is 1. The lowest BCUT2D eigenvalue weighted by atomic mass is 10.1. The van der Waals surface area contributed by atoms with Crippen LogP contribution in [0.4, 0.5) is 4.39 Å². The van der Waals surface area contributed by atoms with Crippen LogP contribution in [0.5, 0.6) is 0 Å². The van der Waals surface area contributed by atoms with Gasteiger partial charge in [0, 0.05) is 23.7 Å². The van der Waals surface area contributed by atoms with Gasteiger partial charge >= 0.3 is 5.97 Å². The zero-order valence-electron chi connectivity index (χ0n) is 16.8. The molecule has 3 rings (SSSR count). The molecule has 0 saturated carbocycles. The second kappa shape index (κ2) is 9.76. The average molecular weight is 469 g/mol. The van der Waals surface area contributed by atoms with Gasteiger partial charge < -0.3 is 10.1 Å². The summed E-state index contributed by atoms with van der Waals surface area (Å²) in [5.41, 5.74) is 0.325. The highest BCUT2D eigenvalue weighted by Crippen LogP contribution is 2.23. The summed E-state index contributed by atoms with van der Waals surface area (Å²) in [7, 11) is -2.83. The monoisotopic (exact) mass is 468 g/mol. The Morgan fingerprint density at radius 1 is 1.23 bits per heavy atom. The van der Waals surface area contributed by atoms with Crippen molar-refractivity contribution in [3.63, 3.8) is 0 Å². The topological polar surface area (TPSA) is 92.8 Å². The van der Waals surface area contributed by atoms with E-state index in [1.54, 1.807) is 0 Å². The first kappa shape index (κ1) is 23.2. The molecule has 0 radical (unpaired) electrons. The Hall–Kier alpha value is -2.49. The van der Waals surface area contributed by atoms with Crippen molar-refractivity contribution in [2.75, 3.05) is 13.7 Å². The fourth-order valence-electron chi connectivity index (χ4n) is 3.34. The third-order valence-electron chi connectivity index (χ3n) is 5.06. The van der Waals surface area contributed by atoms with Crippen LogP contribution in [-0.2, 0) is 26.1 Å². The molecule has 1 fully saturated rings. The van der Waals surface area contributed by atoms with Gasteiger partial charge in [0.05, 0.1) is 23.6 Å². The van der Waals surface area contributed by atoms with Gasteiger partial charge in [-0.15, -0.1) is 0 Å². The zero-order valence-corrected chi connectivity index (χ0v) is 18.4. The Kier molecular flexibility index (Phi) is 7.30. The molecule has 1 aliphatic heterocycles. The highest BCUT2D eigenvalue weighted by atomic mass is 35.5. The van der Waals surface area contributed by atoms with Crippen LogP contribution >= 0.6 is 11.6 Å². The van der Waals surface area contributed by atoms with Crippen molar-refractivity contribution >= 4 is 33.5 Å². The van der Waals surface area contributed by atoms with Crippen LogP contribution in [0.15, 0.2) is 47.4 Å². The molecule has 1 N–H and O–H groups in total. The first-order chi connectivity index (χ1) is 14.7. The molecule has 0 unspecified atom stereocenters. The quantitative estimate of drug-likeness (QED) is 0.655. The van der Waals surface area contributed by atoms with Gasteiger partial charge in [0.15, 0.2) is 0 Å². The number of nitrogens with one attached hydrogen (secondary N) is 1. The molecule has 1 amide bonds. The van der Waals surface area contributed by atoms with Crippen molar-refractivity contribution in [3.05, 3.63) is 64.4 Å². The van der Waals surface area contributed by atoms with Crippen molar-refractivity contribution in [2.24, 2.45) is 0 Å². The minimum Gasteiger partial charge on any atom is -0.465 e. The summed E-state index contributed by atoms with van der Waals surface area (Å²) in [6, 6.07) is 8.75. The predicted octanol–water partition coefficient (Wildman–Crippen LogP) is 3.13. The third kappa shape index (κ3) is 5.23. The number of hydrogen-bond donors (Lipinski definition) is 1. The van der Waals surface area contributed by atoms with Gasteiger partial charge in [-0.25, -0.2) is 21.9 Å². The van der Waals surface area contributed by atoms with E-state index in [-0.39, 0.29) is 29.1 Å². The van der Waals surface area contributed by atoms with E-state index in [1.165, 1.54) is 43.5 Å². The molecule has 1 aliphatic rings. The van der Waals surface area contributed by atoms with E-state index in [0.29, 0.717) is 24.3 Å². The maximum Gasteiger partial charge on any atom is 0.337 e. The Labute approximate surface area is 185 Å². The van der Waals surface area contributed by atoms with Gasteiger partial charge in [-0.2, -0.15) is 0 Å². The van der Waals surface area contributed by atoms with Crippen molar-refractivity contribution < 1.29 is 27.1 Å². The number of sulfonamides is 1. The number of nitrogens with zero attached hydrogens (tertiary/aromatic N) is 1. The van der Waals surface area contributed by atoms with E-state index in [4.69, 9.17) is 11.6 Å². The van der Waals surface area contributed by atoms with Gasteiger partial charge in [0.25, 0.3) is 15.9 Å². The molecule has 0 aromatic heterocycles.